The molecule has 0 radical (unpaired) electrons. The average molecular weight is 170 g/mol. The highest BCUT2D eigenvalue weighted by Crippen LogP contribution is 2.14. The molecule has 0 N–H and O–H groups in total. The molecule has 0 amide bonds. The molecule has 0 saturated carbocycles. The zero-order valence-electron chi connectivity index (χ0n) is 7.00. The number of benzene rings is 1. The van der Waals surface area contributed by atoms with Gasteiger partial charge in [0.15, 0.2) is 0 Å². The molecule has 2 heteroatoms. The lowest BCUT2D eigenvalue weighted by Crippen LogP contribution is -2.09. The maximum absolute atomic E-state index is 12.1. The molecule has 0 heterocycles. The van der Waals surface area contributed by atoms with Crippen molar-refractivity contribution in [3.8, 4) is 0 Å². The topological polar surface area (TPSA) is 0 Å². The van der Waals surface area contributed by atoms with Gasteiger partial charge in [-0.3, -0.25) is 0 Å². The van der Waals surface area contributed by atoms with Crippen molar-refractivity contribution in [2.75, 3.05) is 0 Å². The van der Waals surface area contributed by atoms with Crippen molar-refractivity contribution in [1.82, 2.24) is 0 Å². The monoisotopic (exact) mass is 170 g/mol. The van der Waals surface area contributed by atoms with E-state index in [1.807, 2.05) is 30.3 Å². The van der Waals surface area contributed by atoms with Gasteiger partial charge >= 0.3 is 0 Å². The Hall–Kier alpha value is -0.920. The van der Waals surface area contributed by atoms with E-state index in [1.54, 1.807) is 6.92 Å². The van der Waals surface area contributed by atoms with E-state index in [0.29, 0.717) is 6.42 Å². The minimum absolute atomic E-state index is 0.457. The summed E-state index contributed by atoms with van der Waals surface area (Å²) in [7, 11) is 0. The first-order valence-electron chi connectivity index (χ1n) is 4.02. The summed E-state index contributed by atoms with van der Waals surface area (Å²) in [6, 6.07) is 9.37. The van der Waals surface area contributed by atoms with E-state index in [0.717, 1.165) is 5.56 Å². The van der Waals surface area contributed by atoms with Crippen molar-refractivity contribution < 1.29 is 8.78 Å². The SMILES string of the molecule is CC(Cc1ccccc1)C(F)F. The molecule has 0 aliphatic rings. The Morgan fingerprint density at radius 3 is 2.25 bits per heavy atom. The summed E-state index contributed by atoms with van der Waals surface area (Å²) in [5, 5.41) is 0. The molecule has 1 rings (SSSR count). The minimum Gasteiger partial charge on any atom is -0.210 e. The van der Waals surface area contributed by atoms with Crippen molar-refractivity contribution in [2.45, 2.75) is 19.8 Å². The lowest BCUT2D eigenvalue weighted by atomic mass is 10.0. The third kappa shape index (κ3) is 2.61. The molecular weight excluding hydrogens is 158 g/mol. The lowest BCUT2D eigenvalue weighted by molar-refractivity contribution is 0.0865. The van der Waals surface area contributed by atoms with Crippen LogP contribution in [-0.2, 0) is 6.42 Å². The molecular formula is C10H12F2. The van der Waals surface area contributed by atoms with Crippen LogP contribution in [0.4, 0.5) is 8.78 Å². The van der Waals surface area contributed by atoms with Crippen LogP contribution in [0.1, 0.15) is 12.5 Å². The smallest absolute Gasteiger partial charge is 0.210 e. The Labute approximate surface area is 71.2 Å². The van der Waals surface area contributed by atoms with Gasteiger partial charge in [-0.05, 0) is 12.0 Å². The third-order valence-electron chi connectivity index (χ3n) is 1.83. The predicted molar refractivity (Wildman–Crippen MR) is 45.3 cm³/mol. The summed E-state index contributed by atoms with van der Waals surface area (Å²) < 4.78 is 24.2. The molecule has 1 unspecified atom stereocenters. The summed E-state index contributed by atoms with van der Waals surface area (Å²) in [5.41, 5.74) is 0.977. The molecule has 0 nitrogen and oxygen atoms in total. The first-order chi connectivity index (χ1) is 5.70. The maximum Gasteiger partial charge on any atom is 0.241 e. The second-order valence-corrected chi connectivity index (χ2v) is 3.00. The zero-order valence-corrected chi connectivity index (χ0v) is 7.00. The van der Waals surface area contributed by atoms with E-state index >= 15 is 0 Å². The van der Waals surface area contributed by atoms with E-state index in [4.69, 9.17) is 0 Å². The van der Waals surface area contributed by atoms with Crippen molar-refractivity contribution in [1.29, 1.82) is 0 Å². The summed E-state index contributed by atoms with van der Waals surface area (Å²) in [6.07, 6.45) is -1.76. The van der Waals surface area contributed by atoms with E-state index < -0.39 is 12.3 Å². The Morgan fingerprint density at radius 2 is 1.75 bits per heavy atom. The number of halogens is 2. The van der Waals surface area contributed by atoms with Crippen LogP contribution in [0.3, 0.4) is 0 Å². The second-order valence-electron chi connectivity index (χ2n) is 3.00. The third-order valence-corrected chi connectivity index (χ3v) is 1.83. The number of rotatable bonds is 3. The van der Waals surface area contributed by atoms with E-state index in [2.05, 4.69) is 0 Å². The Morgan fingerprint density at radius 1 is 1.17 bits per heavy atom. The summed E-state index contributed by atoms with van der Waals surface area (Å²) >= 11 is 0. The van der Waals surface area contributed by atoms with Crippen LogP contribution >= 0.6 is 0 Å². The molecule has 0 saturated heterocycles. The van der Waals surface area contributed by atoms with Gasteiger partial charge in [-0.25, -0.2) is 8.78 Å². The van der Waals surface area contributed by atoms with Gasteiger partial charge in [0.25, 0.3) is 0 Å². The highest BCUT2D eigenvalue weighted by Gasteiger charge is 2.14. The quantitative estimate of drug-likeness (QED) is 0.653. The molecule has 66 valence electrons. The number of alkyl halides is 2. The molecule has 1 atom stereocenters. The normalized spacial score (nSPS) is 13.3. The first-order valence-corrected chi connectivity index (χ1v) is 4.02. The molecule has 0 aromatic heterocycles. The van der Waals surface area contributed by atoms with Gasteiger partial charge in [-0.15, -0.1) is 0 Å². The van der Waals surface area contributed by atoms with E-state index in [9.17, 15) is 8.78 Å². The van der Waals surface area contributed by atoms with Crippen molar-refractivity contribution >= 4 is 0 Å². The van der Waals surface area contributed by atoms with Gasteiger partial charge < -0.3 is 0 Å². The number of hydrogen-bond acceptors (Lipinski definition) is 0. The van der Waals surface area contributed by atoms with Gasteiger partial charge in [0.1, 0.15) is 0 Å². The van der Waals surface area contributed by atoms with Gasteiger partial charge in [0.05, 0.1) is 0 Å². The highest BCUT2D eigenvalue weighted by atomic mass is 19.3. The molecule has 12 heavy (non-hydrogen) atoms. The average Bonchev–Trinajstić information content (AvgIpc) is 2.06. The standard InChI is InChI=1S/C10H12F2/c1-8(10(11)12)7-9-5-3-2-4-6-9/h2-6,8,10H,7H2,1H3. The predicted octanol–water partition coefficient (Wildman–Crippen LogP) is 3.13. The lowest BCUT2D eigenvalue weighted by Gasteiger charge is -2.09. The Bertz CT molecular complexity index is 219. The minimum atomic E-state index is -2.22. The van der Waals surface area contributed by atoms with Crippen LogP contribution in [0.25, 0.3) is 0 Å². The fourth-order valence-electron chi connectivity index (χ4n) is 1.07. The Balaban J connectivity index is 2.53. The molecule has 0 aliphatic carbocycles. The fourth-order valence-corrected chi connectivity index (χ4v) is 1.07. The van der Waals surface area contributed by atoms with Gasteiger partial charge in [-0.2, -0.15) is 0 Å². The van der Waals surface area contributed by atoms with Gasteiger partial charge in [0.2, 0.25) is 6.43 Å². The fraction of sp³-hybridized carbons (Fsp3) is 0.400. The van der Waals surface area contributed by atoms with E-state index in [1.165, 1.54) is 0 Å². The Kier molecular flexibility index (Phi) is 3.20. The molecule has 1 aromatic rings. The van der Waals surface area contributed by atoms with Crippen LogP contribution in [0.5, 0.6) is 0 Å². The molecule has 1 aromatic carbocycles. The number of hydrogen-bond donors (Lipinski definition) is 0. The summed E-state index contributed by atoms with van der Waals surface area (Å²) in [4.78, 5) is 0. The van der Waals surface area contributed by atoms with Gasteiger partial charge in [0, 0.05) is 5.92 Å². The molecule has 0 aliphatic heterocycles. The first kappa shape index (κ1) is 9.17. The second kappa shape index (κ2) is 4.19. The molecule has 0 bridgehead atoms. The summed E-state index contributed by atoms with van der Waals surface area (Å²) in [5.74, 6) is -0.549. The van der Waals surface area contributed by atoms with Gasteiger partial charge in [-0.1, -0.05) is 37.3 Å². The van der Waals surface area contributed by atoms with Crippen LogP contribution in [-0.4, -0.2) is 6.43 Å². The van der Waals surface area contributed by atoms with Crippen LogP contribution in [0, 0.1) is 5.92 Å². The molecule has 0 fully saturated rings. The molecule has 0 spiro atoms. The van der Waals surface area contributed by atoms with Crippen molar-refractivity contribution in [3.63, 3.8) is 0 Å². The largest absolute Gasteiger partial charge is 0.241 e. The van der Waals surface area contributed by atoms with Crippen molar-refractivity contribution in [2.24, 2.45) is 5.92 Å². The summed E-state index contributed by atoms with van der Waals surface area (Å²) in [6.45, 7) is 1.57. The van der Waals surface area contributed by atoms with Crippen molar-refractivity contribution in [3.05, 3.63) is 35.9 Å². The van der Waals surface area contributed by atoms with E-state index in [-0.39, 0.29) is 0 Å². The zero-order chi connectivity index (χ0) is 8.97. The van der Waals surface area contributed by atoms with Crippen LogP contribution in [0.15, 0.2) is 30.3 Å². The van der Waals surface area contributed by atoms with Crippen LogP contribution < -0.4 is 0 Å². The van der Waals surface area contributed by atoms with Crippen LogP contribution in [0.2, 0.25) is 0 Å². The highest BCUT2D eigenvalue weighted by molar-refractivity contribution is 5.15. The maximum atomic E-state index is 12.1.